The van der Waals surface area contributed by atoms with Gasteiger partial charge in [0.15, 0.2) is 0 Å². The lowest BCUT2D eigenvalue weighted by molar-refractivity contribution is 0.438. The SMILES string of the molecule is CC(C)C(c1ccccc1)(c1ccccc1)c1ccccc1.CCC. The fourth-order valence-corrected chi connectivity index (χ4v) is 3.60. The smallest absolute Gasteiger partial charge is 0.0474 e. The highest BCUT2D eigenvalue weighted by Gasteiger charge is 2.38. The molecule has 0 bridgehead atoms. The summed E-state index contributed by atoms with van der Waals surface area (Å²) < 4.78 is 0. The summed E-state index contributed by atoms with van der Waals surface area (Å²) in [5, 5.41) is 0. The van der Waals surface area contributed by atoms with Gasteiger partial charge in [-0.15, -0.1) is 0 Å². The molecule has 0 unspecified atom stereocenters. The van der Waals surface area contributed by atoms with Gasteiger partial charge in [0.2, 0.25) is 0 Å². The molecule has 0 heterocycles. The van der Waals surface area contributed by atoms with Gasteiger partial charge in [-0.1, -0.05) is 125 Å². The molecule has 0 aliphatic rings. The quantitative estimate of drug-likeness (QED) is 0.448. The Labute approximate surface area is 153 Å². The van der Waals surface area contributed by atoms with Crippen LogP contribution in [0.25, 0.3) is 0 Å². The second-order valence-corrected chi connectivity index (χ2v) is 6.77. The highest BCUT2D eigenvalue weighted by Crippen LogP contribution is 2.44. The van der Waals surface area contributed by atoms with E-state index < -0.39 is 0 Å². The van der Waals surface area contributed by atoms with Gasteiger partial charge in [0.25, 0.3) is 0 Å². The Hall–Kier alpha value is -2.34. The van der Waals surface area contributed by atoms with Crippen LogP contribution in [-0.4, -0.2) is 0 Å². The Balaban J connectivity index is 0.000000701. The average molecular weight is 331 g/mol. The van der Waals surface area contributed by atoms with E-state index in [-0.39, 0.29) is 5.41 Å². The molecule has 0 atom stereocenters. The van der Waals surface area contributed by atoms with Gasteiger partial charge in [0, 0.05) is 5.41 Å². The number of hydrogen-bond donors (Lipinski definition) is 0. The van der Waals surface area contributed by atoms with Crippen molar-refractivity contribution in [2.75, 3.05) is 0 Å². The molecule has 0 amide bonds. The van der Waals surface area contributed by atoms with E-state index in [4.69, 9.17) is 0 Å². The van der Waals surface area contributed by atoms with E-state index in [2.05, 4.69) is 119 Å². The van der Waals surface area contributed by atoms with Crippen molar-refractivity contribution in [1.82, 2.24) is 0 Å². The van der Waals surface area contributed by atoms with Gasteiger partial charge >= 0.3 is 0 Å². The molecule has 0 spiro atoms. The van der Waals surface area contributed by atoms with Crippen molar-refractivity contribution in [2.24, 2.45) is 5.92 Å². The van der Waals surface area contributed by atoms with Gasteiger partial charge in [-0.25, -0.2) is 0 Å². The second-order valence-electron chi connectivity index (χ2n) is 6.77. The number of hydrogen-bond acceptors (Lipinski definition) is 0. The Morgan fingerprint density at radius 2 is 0.800 bits per heavy atom. The molecule has 0 radical (unpaired) electrons. The third-order valence-electron chi connectivity index (χ3n) is 4.55. The highest BCUT2D eigenvalue weighted by atomic mass is 14.4. The normalized spacial score (nSPS) is 10.9. The van der Waals surface area contributed by atoms with E-state index in [0.29, 0.717) is 5.92 Å². The third kappa shape index (κ3) is 4.02. The molecule has 3 aromatic carbocycles. The Kier molecular flexibility index (Phi) is 7.01. The predicted octanol–water partition coefficient (Wildman–Crippen LogP) is 7.09. The molecule has 0 heteroatoms. The van der Waals surface area contributed by atoms with Crippen LogP contribution in [-0.2, 0) is 5.41 Å². The van der Waals surface area contributed by atoms with Crippen LogP contribution in [0.3, 0.4) is 0 Å². The highest BCUT2D eigenvalue weighted by molar-refractivity contribution is 5.50. The minimum Gasteiger partial charge on any atom is -0.0656 e. The lowest BCUT2D eigenvalue weighted by Gasteiger charge is -2.39. The van der Waals surface area contributed by atoms with Crippen molar-refractivity contribution in [3.63, 3.8) is 0 Å². The Bertz CT molecular complexity index is 615. The molecule has 0 saturated heterocycles. The summed E-state index contributed by atoms with van der Waals surface area (Å²) in [4.78, 5) is 0. The maximum absolute atomic E-state index is 2.31. The molecule has 0 nitrogen and oxygen atoms in total. The van der Waals surface area contributed by atoms with Gasteiger partial charge in [-0.2, -0.15) is 0 Å². The second kappa shape index (κ2) is 9.22. The first-order valence-corrected chi connectivity index (χ1v) is 9.34. The topological polar surface area (TPSA) is 0 Å². The lowest BCUT2D eigenvalue weighted by Crippen LogP contribution is -2.35. The van der Waals surface area contributed by atoms with E-state index in [0.717, 1.165) is 0 Å². The molecule has 0 aliphatic heterocycles. The monoisotopic (exact) mass is 330 g/mol. The minimum absolute atomic E-state index is 0.121. The van der Waals surface area contributed by atoms with Gasteiger partial charge in [0.05, 0.1) is 0 Å². The fourth-order valence-electron chi connectivity index (χ4n) is 3.60. The zero-order valence-corrected chi connectivity index (χ0v) is 15.9. The summed E-state index contributed by atoms with van der Waals surface area (Å²) in [6, 6.07) is 32.6. The molecule has 0 aliphatic carbocycles. The minimum atomic E-state index is -0.121. The number of benzene rings is 3. The maximum atomic E-state index is 2.31. The first kappa shape index (κ1) is 19.0. The lowest BCUT2D eigenvalue weighted by atomic mass is 9.63. The van der Waals surface area contributed by atoms with Crippen molar-refractivity contribution in [2.45, 2.75) is 39.5 Å². The van der Waals surface area contributed by atoms with E-state index in [9.17, 15) is 0 Å². The molecule has 0 saturated carbocycles. The first-order chi connectivity index (χ1) is 12.2. The molecule has 25 heavy (non-hydrogen) atoms. The largest absolute Gasteiger partial charge is 0.0656 e. The van der Waals surface area contributed by atoms with Gasteiger partial charge in [-0.3, -0.25) is 0 Å². The zero-order valence-electron chi connectivity index (χ0n) is 15.9. The van der Waals surface area contributed by atoms with E-state index >= 15 is 0 Å². The molecule has 0 fully saturated rings. The Morgan fingerprint density at radius 1 is 0.560 bits per heavy atom. The van der Waals surface area contributed by atoms with Gasteiger partial charge in [0.1, 0.15) is 0 Å². The van der Waals surface area contributed by atoms with Crippen LogP contribution in [0.4, 0.5) is 0 Å². The standard InChI is InChI=1S/C22H22.C3H8/c1-18(2)22(19-12-6-3-7-13-19,20-14-8-4-9-15-20)21-16-10-5-11-17-21;1-3-2/h3-18H,1-2H3;3H2,1-2H3. The predicted molar refractivity (Wildman–Crippen MR) is 110 cm³/mol. The summed E-state index contributed by atoms with van der Waals surface area (Å²) in [5.74, 6) is 0.444. The number of rotatable bonds is 4. The summed E-state index contributed by atoms with van der Waals surface area (Å²) in [6.45, 7) is 8.88. The van der Waals surface area contributed by atoms with Gasteiger partial charge in [-0.05, 0) is 22.6 Å². The van der Waals surface area contributed by atoms with E-state index in [1.165, 1.54) is 23.1 Å². The van der Waals surface area contributed by atoms with E-state index in [1.54, 1.807) is 0 Å². The summed E-state index contributed by atoms with van der Waals surface area (Å²) >= 11 is 0. The van der Waals surface area contributed by atoms with Crippen LogP contribution in [0.2, 0.25) is 0 Å². The molecule has 0 aromatic heterocycles. The van der Waals surface area contributed by atoms with Crippen LogP contribution < -0.4 is 0 Å². The van der Waals surface area contributed by atoms with Crippen molar-refractivity contribution in [1.29, 1.82) is 0 Å². The summed E-state index contributed by atoms with van der Waals surface area (Å²) in [6.07, 6.45) is 1.25. The van der Waals surface area contributed by atoms with Crippen molar-refractivity contribution in [3.05, 3.63) is 108 Å². The average Bonchev–Trinajstić information content (AvgIpc) is 2.65. The van der Waals surface area contributed by atoms with E-state index in [1.807, 2.05) is 0 Å². The van der Waals surface area contributed by atoms with Crippen LogP contribution in [0, 0.1) is 5.92 Å². The van der Waals surface area contributed by atoms with Crippen LogP contribution in [0.5, 0.6) is 0 Å². The molecule has 130 valence electrons. The molecular weight excluding hydrogens is 300 g/mol. The summed E-state index contributed by atoms with van der Waals surface area (Å²) in [7, 11) is 0. The van der Waals surface area contributed by atoms with Crippen LogP contribution in [0.15, 0.2) is 91.0 Å². The van der Waals surface area contributed by atoms with Gasteiger partial charge < -0.3 is 0 Å². The van der Waals surface area contributed by atoms with Crippen LogP contribution >= 0.6 is 0 Å². The summed E-state index contributed by atoms with van der Waals surface area (Å²) in [5.41, 5.74) is 3.93. The third-order valence-corrected chi connectivity index (χ3v) is 4.55. The molecule has 0 N–H and O–H groups in total. The first-order valence-electron chi connectivity index (χ1n) is 9.34. The van der Waals surface area contributed by atoms with Crippen molar-refractivity contribution in [3.8, 4) is 0 Å². The molecule has 3 aromatic rings. The fraction of sp³-hybridized carbons (Fsp3) is 0.280. The Morgan fingerprint density at radius 3 is 1.00 bits per heavy atom. The maximum Gasteiger partial charge on any atom is 0.0474 e. The van der Waals surface area contributed by atoms with Crippen molar-refractivity contribution < 1.29 is 0 Å². The molecule has 3 rings (SSSR count). The van der Waals surface area contributed by atoms with Crippen LogP contribution in [0.1, 0.15) is 50.8 Å². The molecular formula is C25H30. The van der Waals surface area contributed by atoms with Crippen molar-refractivity contribution >= 4 is 0 Å². The zero-order chi connectivity index (χ0) is 18.1.